The Balaban J connectivity index is 0.727. The predicted octanol–water partition coefficient (Wildman–Crippen LogP) is 5.04. The molecule has 288 valence electrons. The highest BCUT2D eigenvalue weighted by atomic mass is 35.5. The summed E-state index contributed by atoms with van der Waals surface area (Å²) in [5.41, 5.74) is 8.51. The van der Waals surface area contributed by atoms with E-state index < -0.39 is 0 Å². The van der Waals surface area contributed by atoms with E-state index in [1.807, 2.05) is 30.5 Å². The van der Waals surface area contributed by atoms with E-state index in [-0.39, 0.29) is 30.0 Å². The number of anilines is 3. The fourth-order valence-electron chi connectivity index (χ4n) is 9.47. The maximum absolute atomic E-state index is 13.1. The molecule has 2 bridgehead atoms. The van der Waals surface area contributed by atoms with Crippen LogP contribution in [0.4, 0.5) is 22.0 Å². The molecular weight excluding hydrogens is 720 g/mol. The van der Waals surface area contributed by atoms with Gasteiger partial charge < -0.3 is 25.6 Å². The minimum atomic E-state index is -0.376. The number of nitrogen functional groups attached to an aromatic ring is 1. The van der Waals surface area contributed by atoms with Crippen molar-refractivity contribution < 1.29 is 19.1 Å². The molecule has 0 radical (unpaired) electrons. The van der Waals surface area contributed by atoms with E-state index >= 15 is 0 Å². The van der Waals surface area contributed by atoms with E-state index in [1.165, 1.54) is 6.42 Å². The Bertz CT molecular complexity index is 2070. The van der Waals surface area contributed by atoms with Crippen LogP contribution in [0, 0.1) is 17.8 Å². The number of nitrogens with zero attached hydrogens (tertiary/aromatic N) is 7. The van der Waals surface area contributed by atoms with Gasteiger partial charge in [0.25, 0.3) is 5.91 Å². The largest absolute Gasteiger partial charge is 0.490 e. The smallest absolute Gasteiger partial charge is 0.328 e. The van der Waals surface area contributed by atoms with E-state index in [1.54, 1.807) is 23.1 Å². The molecule has 15 heteroatoms. The van der Waals surface area contributed by atoms with Crippen molar-refractivity contribution in [2.45, 2.75) is 69.6 Å². The third kappa shape index (κ3) is 7.29. The number of amides is 4. The van der Waals surface area contributed by atoms with Gasteiger partial charge in [-0.2, -0.15) is 5.10 Å². The third-order valence-corrected chi connectivity index (χ3v) is 12.9. The van der Waals surface area contributed by atoms with Crippen molar-refractivity contribution in [1.29, 1.82) is 0 Å². The SMILES string of the molecule is Nc1ccc(OC2CCC(NC(=O)c3ccc(N4CC5CC(C4)C5CN4CCC(n5ncc6c(N7CCC(=O)NC7=O)cccc65)CC4)nn3)CC2)cc1Cl. The molecule has 4 N–H and O–H groups in total. The summed E-state index contributed by atoms with van der Waals surface area (Å²) < 4.78 is 8.24. The minimum Gasteiger partial charge on any atom is -0.490 e. The number of rotatable bonds is 9. The van der Waals surface area contributed by atoms with Crippen LogP contribution in [0.2, 0.25) is 5.02 Å². The average molecular weight is 767 g/mol. The van der Waals surface area contributed by atoms with Gasteiger partial charge in [0, 0.05) is 63.2 Å². The second-order valence-electron chi connectivity index (χ2n) is 15.9. The number of hydrogen-bond donors (Lipinski definition) is 3. The first-order chi connectivity index (χ1) is 26.8. The summed E-state index contributed by atoms with van der Waals surface area (Å²) in [5, 5.41) is 20.6. The lowest BCUT2D eigenvalue weighted by Crippen LogP contribution is -2.58. The summed E-state index contributed by atoms with van der Waals surface area (Å²) in [6.45, 7) is 5.50. The fraction of sp³-hybridized carbons (Fsp3) is 0.500. The molecule has 2 atom stereocenters. The maximum atomic E-state index is 13.1. The number of imide groups is 1. The van der Waals surface area contributed by atoms with Crippen molar-refractivity contribution in [3.05, 3.63) is 65.4 Å². The van der Waals surface area contributed by atoms with Gasteiger partial charge >= 0.3 is 6.03 Å². The number of carbonyl (C=O) groups is 3. The number of nitrogens with two attached hydrogens (primary N) is 1. The number of piperidine rings is 3. The molecule has 55 heavy (non-hydrogen) atoms. The van der Waals surface area contributed by atoms with Gasteiger partial charge in [-0.3, -0.25) is 24.5 Å². The van der Waals surface area contributed by atoms with Gasteiger partial charge in [-0.1, -0.05) is 17.7 Å². The Morgan fingerprint density at radius 2 is 1.76 bits per heavy atom. The van der Waals surface area contributed by atoms with E-state index in [2.05, 4.69) is 41.4 Å². The number of urea groups is 1. The van der Waals surface area contributed by atoms with Crippen molar-refractivity contribution in [2.75, 3.05) is 54.8 Å². The number of benzene rings is 2. The first-order valence-electron chi connectivity index (χ1n) is 19.7. The lowest BCUT2D eigenvalue weighted by Gasteiger charge is -2.55. The number of likely N-dealkylation sites (tertiary alicyclic amines) is 1. The van der Waals surface area contributed by atoms with Gasteiger partial charge in [0.2, 0.25) is 5.91 Å². The molecule has 4 saturated heterocycles. The van der Waals surface area contributed by atoms with Crippen molar-refractivity contribution >= 4 is 57.5 Å². The first kappa shape index (κ1) is 35.7. The highest BCUT2D eigenvalue weighted by molar-refractivity contribution is 6.33. The van der Waals surface area contributed by atoms with E-state index in [9.17, 15) is 14.4 Å². The van der Waals surface area contributed by atoms with Crippen molar-refractivity contribution in [3.8, 4) is 5.75 Å². The number of nitrogens with one attached hydrogen (secondary N) is 2. The van der Waals surface area contributed by atoms with Crippen LogP contribution < -0.4 is 30.9 Å². The van der Waals surface area contributed by atoms with Crippen molar-refractivity contribution in [2.24, 2.45) is 17.8 Å². The van der Waals surface area contributed by atoms with Crippen LogP contribution >= 0.6 is 11.6 Å². The first-order valence-corrected chi connectivity index (χ1v) is 20.0. The quantitative estimate of drug-likeness (QED) is 0.197. The van der Waals surface area contributed by atoms with Gasteiger partial charge in [-0.15, -0.1) is 10.2 Å². The summed E-state index contributed by atoms with van der Waals surface area (Å²) in [6, 6.07) is 15.1. The second kappa shape index (κ2) is 14.9. The van der Waals surface area contributed by atoms with Gasteiger partial charge in [0.05, 0.1) is 40.3 Å². The molecule has 4 aliphatic heterocycles. The van der Waals surface area contributed by atoms with Gasteiger partial charge in [-0.25, -0.2) is 4.79 Å². The zero-order valence-electron chi connectivity index (χ0n) is 30.8. The van der Waals surface area contributed by atoms with E-state index in [0.29, 0.717) is 58.9 Å². The Hall–Kier alpha value is -4.95. The Kier molecular flexibility index (Phi) is 9.71. The molecule has 2 aromatic carbocycles. The van der Waals surface area contributed by atoms with Crippen LogP contribution in [-0.2, 0) is 4.79 Å². The number of ether oxygens (including phenoxy) is 1. The standard InChI is InChI=1S/C40H47ClN10O4/c41-32-19-29(8-9-33(32)42)55-28-6-4-26(5-7-28)44-39(53)34-10-11-37(47-46-34)49-21-24-18-25(22-49)31(24)23-48-15-12-27(13-16-48)51-36-3-1-2-35(30(36)20-43-51)50-17-14-38(52)45-40(50)54/h1-3,8-11,19-20,24-28,31H,4-7,12-18,21-23,42H2,(H,44,53)(H,45,52,54). The van der Waals surface area contributed by atoms with Gasteiger partial charge in [0.1, 0.15) is 5.75 Å². The van der Waals surface area contributed by atoms with E-state index in [4.69, 9.17) is 27.2 Å². The van der Waals surface area contributed by atoms with Crippen molar-refractivity contribution in [3.63, 3.8) is 0 Å². The zero-order valence-corrected chi connectivity index (χ0v) is 31.5. The second-order valence-corrected chi connectivity index (χ2v) is 16.3. The molecule has 2 aromatic heterocycles. The molecule has 2 saturated carbocycles. The summed E-state index contributed by atoms with van der Waals surface area (Å²) in [4.78, 5) is 43.9. The van der Waals surface area contributed by atoms with Crippen molar-refractivity contribution in [1.82, 2.24) is 35.5 Å². The number of carbonyl (C=O) groups excluding carboxylic acids is 3. The van der Waals surface area contributed by atoms with Crippen LogP contribution in [0.25, 0.3) is 10.9 Å². The Morgan fingerprint density at radius 1 is 0.964 bits per heavy atom. The van der Waals surface area contributed by atoms with Crippen LogP contribution in [0.5, 0.6) is 5.75 Å². The molecule has 10 rings (SSSR count). The zero-order chi connectivity index (χ0) is 37.6. The Labute approximate surface area is 324 Å². The molecule has 14 nitrogen and oxygen atoms in total. The third-order valence-electron chi connectivity index (χ3n) is 12.6. The Morgan fingerprint density at radius 3 is 2.49 bits per heavy atom. The molecule has 4 amide bonds. The molecule has 0 spiro atoms. The van der Waals surface area contributed by atoms with Crippen LogP contribution in [0.1, 0.15) is 67.9 Å². The highest BCUT2D eigenvalue weighted by Gasteiger charge is 2.47. The highest BCUT2D eigenvalue weighted by Crippen LogP contribution is 2.47. The van der Waals surface area contributed by atoms with Gasteiger partial charge in [-0.05, 0) is 99.1 Å². The fourth-order valence-corrected chi connectivity index (χ4v) is 9.64. The number of halogens is 1. The lowest BCUT2D eigenvalue weighted by molar-refractivity contribution is -0.120. The lowest BCUT2D eigenvalue weighted by atomic mass is 9.61. The molecular formula is C40H47ClN10O4. The van der Waals surface area contributed by atoms with Gasteiger partial charge in [0.15, 0.2) is 11.5 Å². The molecule has 4 aromatic rings. The number of fused-ring (bicyclic) bond motifs is 3. The molecule has 6 heterocycles. The normalized spacial score (nSPS) is 26.1. The molecule has 6 fully saturated rings. The summed E-state index contributed by atoms with van der Waals surface area (Å²) in [7, 11) is 0. The van der Waals surface area contributed by atoms with Crippen LogP contribution in [0.15, 0.2) is 54.7 Å². The molecule has 2 unspecified atom stereocenters. The summed E-state index contributed by atoms with van der Waals surface area (Å²) in [6.07, 6.45) is 8.88. The van der Waals surface area contributed by atoms with Crippen LogP contribution in [-0.4, -0.2) is 94.1 Å². The monoisotopic (exact) mass is 766 g/mol. The predicted molar refractivity (Wildman–Crippen MR) is 209 cm³/mol. The maximum Gasteiger partial charge on any atom is 0.328 e. The number of aromatic nitrogens is 4. The summed E-state index contributed by atoms with van der Waals surface area (Å²) >= 11 is 6.14. The average Bonchev–Trinajstić information content (AvgIpc) is 3.64. The molecule has 2 aliphatic carbocycles. The molecule has 6 aliphatic rings. The van der Waals surface area contributed by atoms with E-state index in [0.717, 1.165) is 93.7 Å². The summed E-state index contributed by atoms with van der Waals surface area (Å²) in [5.74, 6) is 3.09. The minimum absolute atomic E-state index is 0.0737. The topological polar surface area (TPSA) is 164 Å². The number of hydrogen-bond acceptors (Lipinski definition) is 10. The van der Waals surface area contributed by atoms with Crippen LogP contribution in [0.3, 0.4) is 0 Å².